The first-order valence-electron chi connectivity index (χ1n) is 9.29. The Bertz CT molecular complexity index is 1430. The van der Waals surface area contributed by atoms with Gasteiger partial charge in [-0.2, -0.15) is 0 Å². The molecule has 0 radical (unpaired) electrons. The van der Waals surface area contributed by atoms with Gasteiger partial charge >= 0.3 is 19.5 Å². The molecule has 0 fully saturated rings. The van der Waals surface area contributed by atoms with Gasteiger partial charge in [0.1, 0.15) is 10.3 Å². The van der Waals surface area contributed by atoms with Crippen LogP contribution in [0, 0.1) is 0 Å². The van der Waals surface area contributed by atoms with E-state index in [-0.39, 0.29) is 44.3 Å². The van der Waals surface area contributed by atoms with Gasteiger partial charge in [0.15, 0.2) is 0 Å². The second-order valence-corrected chi connectivity index (χ2v) is 7.47. The molecule has 0 saturated heterocycles. The second-order valence-electron chi connectivity index (χ2n) is 6.69. The van der Waals surface area contributed by atoms with Crippen molar-refractivity contribution in [2.75, 3.05) is 0 Å². The summed E-state index contributed by atoms with van der Waals surface area (Å²) >= 11 is 11.8. The first-order chi connectivity index (χ1) is 14.7. The van der Waals surface area contributed by atoms with Crippen LogP contribution in [0.5, 0.6) is 0 Å². The third-order valence-corrected chi connectivity index (χ3v) is 5.22. The molecule has 0 amide bonds. The molecule has 0 atom stereocenters. The summed E-state index contributed by atoms with van der Waals surface area (Å²) in [4.78, 5) is 17.3. The molecule has 9 heteroatoms. The zero-order valence-corrected chi connectivity index (χ0v) is 23.1. The second kappa shape index (κ2) is 11.8. The summed E-state index contributed by atoms with van der Waals surface area (Å²) in [7, 11) is 0. The number of fused-ring (bicyclic) bond motifs is 6. The number of pyridine rings is 4. The fourth-order valence-electron chi connectivity index (χ4n) is 3.40. The third kappa shape index (κ3) is 5.68. The fraction of sp³-hybridized carbons (Fsp3) is 0. The smallest absolute Gasteiger partial charge is 1.00 e. The Kier molecular flexibility index (Phi) is 9.72. The van der Waals surface area contributed by atoms with Crippen molar-refractivity contribution in [2.24, 2.45) is 0 Å². The van der Waals surface area contributed by atoms with Crippen molar-refractivity contribution in [2.45, 2.75) is 0 Å². The van der Waals surface area contributed by atoms with Crippen molar-refractivity contribution in [3.63, 3.8) is 0 Å². The predicted molar refractivity (Wildman–Crippen MR) is 124 cm³/mol. The maximum atomic E-state index is 5.88. The SMILES string of the molecule is Clc1ccc2ccc3cccnc3c2n1.Clc1ccc2ccc3cccnc3c2n1.[Cl-].[Cl-].[Zn+2]. The molecule has 0 unspecified atom stereocenters. The number of halogens is 4. The zero-order valence-electron chi connectivity index (χ0n) is 17.1. The molecule has 0 aliphatic carbocycles. The third-order valence-electron chi connectivity index (χ3n) is 4.80. The van der Waals surface area contributed by atoms with Gasteiger partial charge in [0, 0.05) is 33.9 Å². The Balaban J connectivity index is 0.000000214. The van der Waals surface area contributed by atoms with Crippen LogP contribution in [-0.4, -0.2) is 19.9 Å². The van der Waals surface area contributed by atoms with Crippen molar-refractivity contribution in [3.05, 3.63) is 95.5 Å². The van der Waals surface area contributed by atoms with Gasteiger partial charge in [-0.1, -0.05) is 59.6 Å². The Labute approximate surface area is 225 Å². The number of hydrogen-bond donors (Lipinski definition) is 0. The van der Waals surface area contributed by atoms with Gasteiger partial charge in [0.05, 0.1) is 22.1 Å². The van der Waals surface area contributed by atoms with E-state index < -0.39 is 0 Å². The van der Waals surface area contributed by atoms with E-state index in [9.17, 15) is 0 Å². The first kappa shape index (κ1) is 27.1. The van der Waals surface area contributed by atoms with Crippen LogP contribution in [0.2, 0.25) is 10.3 Å². The predicted octanol–water partition coefficient (Wildman–Crippen LogP) is 0.878. The summed E-state index contributed by atoms with van der Waals surface area (Å²) in [6, 6.07) is 23.5. The fourth-order valence-corrected chi connectivity index (χ4v) is 3.69. The van der Waals surface area contributed by atoms with Crippen LogP contribution in [0.1, 0.15) is 0 Å². The molecule has 4 nitrogen and oxygen atoms in total. The van der Waals surface area contributed by atoms with Gasteiger partial charge in [0.25, 0.3) is 0 Å². The number of aromatic nitrogens is 4. The Morgan fingerprint density at radius 2 is 0.788 bits per heavy atom. The van der Waals surface area contributed by atoms with Crippen LogP contribution in [0.25, 0.3) is 43.6 Å². The van der Waals surface area contributed by atoms with Crippen molar-refractivity contribution in [1.82, 2.24) is 19.9 Å². The molecule has 4 heterocycles. The minimum atomic E-state index is 0. The molecule has 0 spiro atoms. The summed E-state index contributed by atoms with van der Waals surface area (Å²) in [5, 5.41) is 5.29. The number of nitrogens with zero attached hydrogens (tertiary/aromatic N) is 4. The van der Waals surface area contributed by atoms with E-state index in [1.165, 1.54) is 0 Å². The topological polar surface area (TPSA) is 51.6 Å². The van der Waals surface area contributed by atoms with Gasteiger partial charge in [-0.25, -0.2) is 9.97 Å². The quantitative estimate of drug-likeness (QED) is 0.156. The standard InChI is InChI=1S/2C12H7ClN2.2ClH.Zn/c2*13-10-6-5-9-4-3-8-2-1-7-14-11(8)12(9)15-10;;;/h2*1-7H;2*1H;/q;;;;+2/p-2. The molecule has 6 aromatic rings. The van der Waals surface area contributed by atoms with Crippen LogP contribution in [0.4, 0.5) is 0 Å². The van der Waals surface area contributed by atoms with Crippen LogP contribution in [-0.2, 0) is 19.5 Å². The van der Waals surface area contributed by atoms with Crippen LogP contribution < -0.4 is 24.8 Å². The van der Waals surface area contributed by atoms with Gasteiger partial charge < -0.3 is 24.8 Å². The van der Waals surface area contributed by atoms with Crippen molar-refractivity contribution >= 4 is 66.8 Å². The molecule has 2 aromatic carbocycles. The summed E-state index contributed by atoms with van der Waals surface area (Å²) in [5.41, 5.74) is 3.52. The molecule has 0 aliphatic rings. The van der Waals surface area contributed by atoms with Crippen LogP contribution in [0.15, 0.2) is 85.2 Å². The molecule has 160 valence electrons. The van der Waals surface area contributed by atoms with Crippen LogP contribution >= 0.6 is 23.2 Å². The summed E-state index contributed by atoms with van der Waals surface area (Å²) in [6.07, 6.45) is 3.54. The van der Waals surface area contributed by atoms with E-state index in [0.717, 1.165) is 43.6 Å². The molecule has 6 rings (SSSR count). The molecular weight excluding hydrogens is 551 g/mol. The molecule has 0 N–H and O–H groups in total. The number of rotatable bonds is 0. The van der Waals surface area contributed by atoms with Gasteiger partial charge in [-0.05, 0) is 36.4 Å². The average molecular weight is 566 g/mol. The van der Waals surface area contributed by atoms with E-state index in [0.29, 0.717) is 10.3 Å². The largest absolute Gasteiger partial charge is 2.00 e. The van der Waals surface area contributed by atoms with Crippen molar-refractivity contribution in [3.8, 4) is 0 Å². The van der Waals surface area contributed by atoms with Gasteiger partial charge in [0.2, 0.25) is 0 Å². The molecule has 0 saturated carbocycles. The Morgan fingerprint density at radius 1 is 0.455 bits per heavy atom. The van der Waals surface area contributed by atoms with E-state index in [4.69, 9.17) is 23.2 Å². The molecule has 0 bridgehead atoms. The van der Waals surface area contributed by atoms with Crippen molar-refractivity contribution in [1.29, 1.82) is 0 Å². The summed E-state index contributed by atoms with van der Waals surface area (Å²) < 4.78 is 0. The summed E-state index contributed by atoms with van der Waals surface area (Å²) in [5.74, 6) is 0. The van der Waals surface area contributed by atoms with E-state index in [1.807, 2.05) is 60.7 Å². The number of hydrogen-bond acceptors (Lipinski definition) is 4. The first-order valence-corrected chi connectivity index (χ1v) is 10.0. The summed E-state index contributed by atoms with van der Waals surface area (Å²) in [6.45, 7) is 0. The Morgan fingerprint density at radius 3 is 1.18 bits per heavy atom. The van der Waals surface area contributed by atoms with E-state index in [1.54, 1.807) is 24.5 Å². The van der Waals surface area contributed by atoms with E-state index >= 15 is 0 Å². The van der Waals surface area contributed by atoms with Gasteiger partial charge in [-0.15, -0.1) is 0 Å². The Hall–Kier alpha value is -2.14. The monoisotopic (exact) mass is 562 g/mol. The van der Waals surface area contributed by atoms with Crippen molar-refractivity contribution < 1.29 is 44.3 Å². The minimum Gasteiger partial charge on any atom is -1.00 e. The van der Waals surface area contributed by atoms with E-state index in [2.05, 4.69) is 19.9 Å². The molecule has 4 aromatic heterocycles. The molecular formula is C24H14Cl4N4Zn. The van der Waals surface area contributed by atoms with Crippen LogP contribution in [0.3, 0.4) is 0 Å². The number of benzene rings is 2. The molecule has 0 aliphatic heterocycles. The average Bonchev–Trinajstić information content (AvgIpc) is 2.79. The van der Waals surface area contributed by atoms with Gasteiger partial charge in [-0.3, -0.25) is 9.97 Å². The minimum absolute atomic E-state index is 0. The molecule has 33 heavy (non-hydrogen) atoms. The zero-order chi connectivity index (χ0) is 20.5. The normalized spacial score (nSPS) is 10.0. The maximum Gasteiger partial charge on any atom is 2.00 e. The maximum absolute atomic E-state index is 5.88.